The lowest BCUT2D eigenvalue weighted by Gasteiger charge is -2.61. The fraction of sp³-hybridized carbons (Fsp3) is 0.960. The minimum atomic E-state index is -0.242. The third-order valence-electron chi connectivity index (χ3n) is 9.39. The van der Waals surface area contributed by atoms with Crippen LogP contribution in [0.25, 0.3) is 0 Å². The molecule has 3 fully saturated rings. The summed E-state index contributed by atoms with van der Waals surface area (Å²) in [6.07, 6.45) is 11.1. The van der Waals surface area contributed by atoms with Gasteiger partial charge in [0.2, 0.25) is 0 Å². The summed E-state index contributed by atoms with van der Waals surface area (Å²) in [5.74, 6) is 2.07. The first-order chi connectivity index (χ1) is 14.2. The Hall–Kier alpha value is -0.650. The number of aliphatic hydroxyl groups excluding tert-OH is 2. The van der Waals surface area contributed by atoms with E-state index >= 15 is 0 Å². The van der Waals surface area contributed by atoms with Gasteiger partial charge in [0.15, 0.2) is 0 Å². The van der Waals surface area contributed by atoms with Crippen molar-refractivity contribution in [2.45, 2.75) is 90.8 Å². The third-order valence-corrected chi connectivity index (χ3v) is 9.39. The first kappa shape index (κ1) is 24.0. The van der Waals surface area contributed by atoms with E-state index in [-0.39, 0.29) is 17.6 Å². The molecular weight excluding hydrogens is 376 g/mol. The molecule has 0 bridgehead atoms. The number of rotatable bonds is 8. The summed E-state index contributed by atoms with van der Waals surface area (Å²) in [5, 5.41) is 26.0. The summed E-state index contributed by atoms with van der Waals surface area (Å²) in [5.41, 5.74) is 0.247. The zero-order chi connectivity index (χ0) is 21.9. The molecule has 0 amide bonds. The standard InChI is InChI=1S/C25H46N2O3/c1-6-18(11-14-26-30-16-15-27(4)5)25(3)13-10-22-21(23(25)29)8-7-19-17-20(28)9-12-24(19,22)2/h14,18-23,28-29H,6-13,15-17H2,1-5H3/b26-14+/t18-,19-,20+,21-,22+,23+,24+,25-/m1/s1. The summed E-state index contributed by atoms with van der Waals surface area (Å²) in [6, 6.07) is 0. The fourth-order valence-electron chi connectivity index (χ4n) is 7.29. The van der Waals surface area contributed by atoms with Crippen molar-refractivity contribution in [3.63, 3.8) is 0 Å². The number of nitrogens with zero attached hydrogens (tertiary/aromatic N) is 2. The molecule has 5 heteroatoms. The van der Waals surface area contributed by atoms with E-state index in [1.807, 2.05) is 20.3 Å². The summed E-state index contributed by atoms with van der Waals surface area (Å²) in [4.78, 5) is 7.48. The Morgan fingerprint density at radius 2 is 1.90 bits per heavy atom. The van der Waals surface area contributed by atoms with Crippen molar-refractivity contribution in [2.24, 2.45) is 39.7 Å². The monoisotopic (exact) mass is 422 g/mol. The first-order valence-corrected chi connectivity index (χ1v) is 12.4. The molecule has 3 rings (SSSR count). The Balaban J connectivity index is 1.64. The quantitative estimate of drug-likeness (QED) is 0.347. The summed E-state index contributed by atoms with van der Waals surface area (Å²) in [7, 11) is 4.06. The molecule has 8 atom stereocenters. The highest BCUT2D eigenvalue weighted by Crippen LogP contribution is 2.62. The lowest BCUT2D eigenvalue weighted by molar-refractivity contribution is -0.168. The molecule has 3 saturated carbocycles. The molecule has 2 N–H and O–H groups in total. The van der Waals surface area contributed by atoms with Crippen molar-refractivity contribution in [3.8, 4) is 0 Å². The largest absolute Gasteiger partial charge is 0.395 e. The first-order valence-electron chi connectivity index (χ1n) is 12.4. The average Bonchev–Trinajstić information content (AvgIpc) is 2.70. The molecule has 0 saturated heterocycles. The Morgan fingerprint density at radius 3 is 2.60 bits per heavy atom. The van der Waals surface area contributed by atoms with Crippen molar-refractivity contribution in [2.75, 3.05) is 27.2 Å². The average molecular weight is 423 g/mol. The van der Waals surface area contributed by atoms with Gasteiger partial charge in [0.25, 0.3) is 0 Å². The van der Waals surface area contributed by atoms with Crippen LogP contribution in [-0.4, -0.2) is 60.8 Å². The molecule has 0 heterocycles. The van der Waals surface area contributed by atoms with Gasteiger partial charge in [0.05, 0.1) is 12.2 Å². The Labute approximate surface area is 184 Å². The molecule has 0 aliphatic heterocycles. The Morgan fingerprint density at radius 1 is 1.13 bits per heavy atom. The molecule has 3 aliphatic carbocycles. The SMILES string of the molecule is CC[C@H](C/C=N/OCCN(C)C)[C@@]1(C)CC[C@H]2[C@@H](CC[C@@H]3C[C@@H](O)CC[C@@]32C)[C@@H]1O. The fourth-order valence-corrected chi connectivity index (χ4v) is 7.29. The maximum absolute atomic E-state index is 11.7. The van der Waals surface area contributed by atoms with Crippen LogP contribution in [0.5, 0.6) is 0 Å². The van der Waals surface area contributed by atoms with Gasteiger partial charge in [0.1, 0.15) is 6.61 Å². The third kappa shape index (κ3) is 4.73. The number of hydrogen-bond acceptors (Lipinski definition) is 5. The predicted octanol–water partition coefficient (Wildman–Crippen LogP) is 4.32. The zero-order valence-corrected chi connectivity index (χ0v) is 20.0. The van der Waals surface area contributed by atoms with Crippen LogP contribution in [0.3, 0.4) is 0 Å². The van der Waals surface area contributed by atoms with Crippen molar-refractivity contribution < 1.29 is 15.1 Å². The van der Waals surface area contributed by atoms with E-state index in [4.69, 9.17) is 4.84 Å². The van der Waals surface area contributed by atoms with Gasteiger partial charge in [0, 0.05) is 12.8 Å². The van der Waals surface area contributed by atoms with Gasteiger partial charge in [-0.1, -0.05) is 32.3 Å². The molecule has 0 aromatic rings. The molecule has 3 aliphatic rings. The Bertz CT molecular complexity index is 583. The van der Waals surface area contributed by atoms with Crippen LogP contribution in [0.1, 0.15) is 78.6 Å². The molecule has 0 radical (unpaired) electrons. The highest BCUT2D eigenvalue weighted by molar-refractivity contribution is 5.56. The second kappa shape index (κ2) is 9.87. The molecule has 0 aromatic carbocycles. The van der Waals surface area contributed by atoms with E-state index in [0.717, 1.165) is 51.5 Å². The van der Waals surface area contributed by atoms with Crippen LogP contribution in [0.4, 0.5) is 0 Å². The van der Waals surface area contributed by atoms with Gasteiger partial charge in [-0.25, -0.2) is 0 Å². The number of oxime groups is 1. The number of aliphatic hydroxyl groups is 2. The van der Waals surface area contributed by atoms with E-state index in [2.05, 4.69) is 30.8 Å². The van der Waals surface area contributed by atoms with E-state index in [9.17, 15) is 10.2 Å². The van der Waals surface area contributed by atoms with E-state index in [1.54, 1.807) is 0 Å². The smallest absolute Gasteiger partial charge is 0.129 e. The van der Waals surface area contributed by atoms with Gasteiger partial charge >= 0.3 is 0 Å². The van der Waals surface area contributed by atoms with Crippen molar-refractivity contribution in [3.05, 3.63) is 0 Å². The number of likely N-dealkylation sites (N-methyl/N-ethyl adjacent to an activating group) is 1. The van der Waals surface area contributed by atoms with Crippen molar-refractivity contribution in [1.82, 2.24) is 4.90 Å². The van der Waals surface area contributed by atoms with Gasteiger partial charge in [-0.2, -0.15) is 0 Å². The normalized spacial score (nSPS) is 42.7. The number of fused-ring (bicyclic) bond motifs is 3. The summed E-state index contributed by atoms with van der Waals surface area (Å²) < 4.78 is 0. The van der Waals surface area contributed by atoms with Crippen molar-refractivity contribution >= 4 is 6.21 Å². The van der Waals surface area contributed by atoms with Crippen LogP contribution in [0, 0.1) is 34.5 Å². The highest BCUT2D eigenvalue weighted by Gasteiger charge is 2.57. The maximum Gasteiger partial charge on any atom is 0.129 e. The highest BCUT2D eigenvalue weighted by atomic mass is 16.6. The lowest BCUT2D eigenvalue weighted by atomic mass is 9.45. The molecule has 0 aromatic heterocycles. The number of hydrogen-bond donors (Lipinski definition) is 2. The van der Waals surface area contributed by atoms with Crippen LogP contribution >= 0.6 is 0 Å². The van der Waals surface area contributed by atoms with Crippen LogP contribution < -0.4 is 0 Å². The van der Waals surface area contributed by atoms with Crippen LogP contribution in [-0.2, 0) is 4.84 Å². The van der Waals surface area contributed by atoms with Gasteiger partial charge in [-0.3, -0.25) is 0 Å². The van der Waals surface area contributed by atoms with Crippen LogP contribution in [0.15, 0.2) is 5.16 Å². The molecule has 0 spiro atoms. The van der Waals surface area contributed by atoms with E-state index in [0.29, 0.717) is 35.7 Å². The summed E-state index contributed by atoms with van der Waals surface area (Å²) >= 11 is 0. The Kier molecular flexibility index (Phi) is 7.90. The second-order valence-electron chi connectivity index (χ2n) is 11.2. The molecule has 5 nitrogen and oxygen atoms in total. The minimum Gasteiger partial charge on any atom is -0.395 e. The molecular formula is C25H46N2O3. The van der Waals surface area contributed by atoms with Gasteiger partial charge in [-0.15, -0.1) is 0 Å². The maximum atomic E-state index is 11.7. The van der Waals surface area contributed by atoms with Crippen molar-refractivity contribution in [1.29, 1.82) is 0 Å². The van der Waals surface area contributed by atoms with Crippen LogP contribution in [0.2, 0.25) is 0 Å². The second-order valence-corrected chi connectivity index (χ2v) is 11.2. The molecule has 0 unspecified atom stereocenters. The van der Waals surface area contributed by atoms with Gasteiger partial charge in [-0.05, 0) is 100.0 Å². The predicted molar refractivity (Wildman–Crippen MR) is 122 cm³/mol. The lowest BCUT2D eigenvalue weighted by Crippen LogP contribution is -2.57. The molecule has 30 heavy (non-hydrogen) atoms. The zero-order valence-electron chi connectivity index (χ0n) is 20.0. The van der Waals surface area contributed by atoms with Gasteiger partial charge < -0.3 is 20.0 Å². The van der Waals surface area contributed by atoms with E-state index in [1.165, 1.54) is 12.8 Å². The topological polar surface area (TPSA) is 65.3 Å². The summed E-state index contributed by atoms with van der Waals surface area (Å²) in [6.45, 7) is 8.51. The minimum absolute atomic E-state index is 0.0526. The molecule has 174 valence electrons. The van der Waals surface area contributed by atoms with E-state index < -0.39 is 0 Å².